The average molecular weight is 319 g/mol. The summed E-state index contributed by atoms with van der Waals surface area (Å²) in [5.74, 6) is 1.52. The lowest BCUT2D eigenvalue weighted by Gasteiger charge is -2.31. The minimum absolute atomic E-state index is 0.339. The van der Waals surface area contributed by atoms with E-state index in [2.05, 4.69) is 15.2 Å². The number of amides is 1. The van der Waals surface area contributed by atoms with Crippen LogP contribution in [0.4, 0.5) is 0 Å². The van der Waals surface area contributed by atoms with Gasteiger partial charge in [0.2, 0.25) is 5.91 Å². The molecule has 0 aromatic carbocycles. The number of hydrogen-bond donors (Lipinski definition) is 0. The van der Waals surface area contributed by atoms with Crippen molar-refractivity contribution in [1.29, 1.82) is 0 Å². The Morgan fingerprint density at radius 1 is 1.14 bits per heavy atom. The van der Waals surface area contributed by atoms with E-state index in [1.807, 2.05) is 11.3 Å². The molecule has 22 heavy (non-hydrogen) atoms. The fraction of sp³-hybridized carbons (Fsp3) is 0.765. The molecule has 0 spiro atoms. The summed E-state index contributed by atoms with van der Waals surface area (Å²) in [6.07, 6.45) is 7.22. The SMILES string of the molecule is O=C(C1CCC1)N1CCCN(Cc2csc(C3CC3)n2)CC1. The van der Waals surface area contributed by atoms with Gasteiger partial charge in [-0.3, -0.25) is 9.69 Å². The van der Waals surface area contributed by atoms with Crippen molar-refractivity contribution >= 4 is 17.2 Å². The Kier molecular flexibility index (Phi) is 4.18. The number of aromatic nitrogens is 1. The van der Waals surface area contributed by atoms with Gasteiger partial charge >= 0.3 is 0 Å². The molecule has 1 aromatic rings. The van der Waals surface area contributed by atoms with Gasteiger partial charge in [-0.05, 0) is 32.1 Å². The second-order valence-corrected chi connectivity index (χ2v) is 7.92. The largest absolute Gasteiger partial charge is 0.341 e. The van der Waals surface area contributed by atoms with Crippen molar-refractivity contribution in [3.63, 3.8) is 0 Å². The molecule has 0 atom stereocenters. The molecule has 3 aliphatic rings. The number of hydrogen-bond acceptors (Lipinski definition) is 4. The highest BCUT2D eigenvalue weighted by Crippen LogP contribution is 2.41. The van der Waals surface area contributed by atoms with E-state index in [1.165, 1.54) is 30.0 Å². The molecule has 0 bridgehead atoms. The quantitative estimate of drug-likeness (QED) is 0.856. The number of rotatable bonds is 4. The Morgan fingerprint density at radius 2 is 2.00 bits per heavy atom. The highest BCUT2D eigenvalue weighted by Gasteiger charge is 2.30. The Balaban J connectivity index is 1.30. The molecule has 3 fully saturated rings. The molecule has 1 aromatic heterocycles. The number of carbonyl (C=O) groups excluding carboxylic acids is 1. The summed E-state index contributed by atoms with van der Waals surface area (Å²) in [6, 6.07) is 0. The maximum absolute atomic E-state index is 12.4. The van der Waals surface area contributed by atoms with E-state index in [9.17, 15) is 4.79 Å². The van der Waals surface area contributed by atoms with Gasteiger partial charge in [0.1, 0.15) is 0 Å². The van der Waals surface area contributed by atoms with Crippen molar-refractivity contribution in [3.05, 3.63) is 16.1 Å². The van der Waals surface area contributed by atoms with Gasteiger partial charge in [-0.2, -0.15) is 0 Å². The second-order valence-electron chi connectivity index (χ2n) is 7.03. The van der Waals surface area contributed by atoms with Gasteiger partial charge in [0.15, 0.2) is 0 Å². The summed E-state index contributed by atoms with van der Waals surface area (Å²) in [7, 11) is 0. The van der Waals surface area contributed by atoms with Crippen LogP contribution in [0.5, 0.6) is 0 Å². The van der Waals surface area contributed by atoms with Crippen LogP contribution in [0.15, 0.2) is 5.38 Å². The predicted octanol–water partition coefficient (Wildman–Crippen LogP) is 2.85. The Labute approximate surface area is 136 Å². The molecule has 0 radical (unpaired) electrons. The predicted molar refractivity (Wildman–Crippen MR) is 87.9 cm³/mol. The third-order valence-electron chi connectivity index (χ3n) is 5.24. The van der Waals surface area contributed by atoms with Crippen molar-refractivity contribution in [2.75, 3.05) is 26.2 Å². The van der Waals surface area contributed by atoms with Crippen molar-refractivity contribution in [2.24, 2.45) is 5.92 Å². The summed E-state index contributed by atoms with van der Waals surface area (Å²) in [4.78, 5) is 21.8. The molecule has 1 amide bonds. The molecule has 0 N–H and O–H groups in total. The highest BCUT2D eigenvalue weighted by atomic mass is 32.1. The zero-order valence-corrected chi connectivity index (χ0v) is 14.0. The first-order chi connectivity index (χ1) is 10.8. The van der Waals surface area contributed by atoms with Crippen LogP contribution in [-0.2, 0) is 11.3 Å². The monoisotopic (exact) mass is 319 g/mol. The van der Waals surface area contributed by atoms with Crippen LogP contribution in [0.2, 0.25) is 0 Å². The topological polar surface area (TPSA) is 36.4 Å². The first-order valence-electron chi connectivity index (χ1n) is 8.75. The maximum Gasteiger partial charge on any atom is 0.225 e. The minimum atomic E-state index is 0.339. The zero-order valence-electron chi connectivity index (χ0n) is 13.2. The van der Waals surface area contributed by atoms with Crippen molar-refractivity contribution < 1.29 is 4.79 Å². The lowest BCUT2D eigenvalue weighted by molar-refractivity contribution is -0.138. The molecule has 2 heterocycles. The molecule has 5 heteroatoms. The van der Waals surface area contributed by atoms with Gasteiger partial charge in [-0.15, -0.1) is 11.3 Å². The minimum Gasteiger partial charge on any atom is -0.341 e. The van der Waals surface area contributed by atoms with E-state index in [1.54, 1.807) is 0 Å². The van der Waals surface area contributed by atoms with E-state index in [0.717, 1.165) is 57.9 Å². The fourth-order valence-corrected chi connectivity index (χ4v) is 4.39. The highest BCUT2D eigenvalue weighted by molar-refractivity contribution is 7.09. The van der Waals surface area contributed by atoms with Crippen LogP contribution in [0.1, 0.15) is 55.1 Å². The van der Waals surface area contributed by atoms with Gasteiger partial charge in [0.05, 0.1) is 10.7 Å². The normalized spacial score (nSPS) is 24.1. The summed E-state index contributed by atoms with van der Waals surface area (Å²) in [5, 5.41) is 3.57. The molecule has 0 unspecified atom stereocenters. The summed E-state index contributed by atoms with van der Waals surface area (Å²) in [5.41, 5.74) is 1.23. The molecule has 1 saturated heterocycles. The smallest absolute Gasteiger partial charge is 0.225 e. The molecule has 4 rings (SSSR count). The lowest BCUT2D eigenvalue weighted by Crippen LogP contribution is -2.41. The molecule has 2 saturated carbocycles. The number of nitrogens with zero attached hydrogens (tertiary/aromatic N) is 3. The van der Waals surface area contributed by atoms with E-state index in [0.29, 0.717) is 11.8 Å². The Morgan fingerprint density at radius 3 is 2.73 bits per heavy atom. The second kappa shape index (κ2) is 6.28. The van der Waals surface area contributed by atoms with Gasteiger partial charge in [0.25, 0.3) is 0 Å². The zero-order chi connectivity index (χ0) is 14.9. The van der Waals surface area contributed by atoms with Crippen molar-refractivity contribution in [3.8, 4) is 0 Å². The molecule has 2 aliphatic carbocycles. The van der Waals surface area contributed by atoms with E-state index in [-0.39, 0.29) is 0 Å². The van der Waals surface area contributed by atoms with E-state index in [4.69, 9.17) is 4.98 Å². The van der Waals surface area contributed by atoms with Crippen LogP contribution in [0.25, 0.3) is 0 Å². The maximum atomic E-state index is 12.4. The average Bonchev–Trinajstić information content (AvgIpc) is 3.23. The van der Waals surface area contributed by atoms with Crippen LogP contribution in [0.3, 0.4) is 0 Å². The first-order valence-corrected chi connectivity index (χ1v) is 9.63. The first kappa shape index (κ1) is 14.6. The van der Waals surface area contributed by atoms with Crippen molar-refractivity contribution in [1.82, 2.24) is 14.8 Å². The third-order valence-corrected chi connectivity index (χ3v) is 6.29. The summed E-state index contributed by atoms with van der Waals surface area (Å²) >= 11 is 1.83. The summed E-state index contributed by atoms with van der Waals surface area (Å²) < 4.78 is 0. The Bertz CT molecular complexity index is 536. The van der Waals surface area contributed by atoms with Crippen LogP contribution in [0, 0.1) is 5.92 Å². The number of carbonyl (C=O) groups is 1. The molecule has 4 nitrogen and oxygen atoms in total. The van der Waals surface area contributed by atoms with Gasteiger partial charge in [-0.1, -0.05) is 6.42 Å². The van der Waals surface area contributed by atoms with E-state index >= 15 is 0 Å². The molecular formula is C17H25N3OS. The fourth-order valence-electron chi connectivity index (χ4n) is 3.40. The van der Waals surface area contributed by atoms with Gasteiger partial charge in [0, 0.05) is 49.9 Å². The van der Waals surface area contributed by atoms with Crippen LogP contribution in [-0.4, -0.2) is 46.9 Å². The summed E-state index contributed by atoms with van der Waals surface area (Å²) in [6.45, 7) is 4.87. The van der Waals surface area contributed by atoms with Crippen molar-refractivity contribution in [2.45, 2.75) is 51.0 Å². The van der Waals surface area contributed by atoms with Gasteiger partial charge < -0.3 is 4.90 Å². The lowest BCUT2D eigenvalue weighted by atomic mass is 9.84. The van der Waals surface area contributed by atoms with E-state index < -0.39 is 0 Å². The Hall–Kier alpha value is -0.940. The van der Waals surface area contributed by atoms with Gasteiger partial charge in [-0.25, -0.2) is 4.98 Å². The molecule has 120 valence electrons. The molecular weight excluding hydrogens is 294 g/mol. The number of thiazole rings is 1. The standard InChI is InChI=1S/C17H25N3OS/c21-17(14-3-1-4-14)20-8-2-7-19(9-10-20)11-15-12-22-16(18-15)13-5-6-13/h12-14H,1-11H2. The van der Waals surface area contributed by atoms with Crippen LogP contribution >= 0.6 is 11.3 Å². The molecule has 1 aliphatic heterocycles. The third kappa shape index (κ3) is 3.20. The van der Waals surface area contributed by atoms with Crippen LogP contribution < -0.4 is 0 Å².